The lowest BCUT2D eigenvalue weighted by atomic mass is 10.1. The number of para-hydroxylation sites is 1. The van der Waals surface area contributed by atoms with Gasteiger partial charge in [-0.1, -0.05) is 32.0 Å². The van der Waals surface area contributed by atoms with Crippen LogP contribution in [-0.2, 0) is 0 Å². The highest BCUT2D eigenvalue weighted by Crippen LogP contribution is 2.27. The number of rotatable bonds is 4. The quantitative estimate of drug-likeness (QED) is 0.772. The van der Waals surface area contributed by atoms with E-state index in [1.165, 1.54) is 11.4 Å². The molecular weight excluding hydrogens is 238 g/mol. The van der Waals surface area contributed by atoms with Gasteiger partial charge in [0.25, 0.3) is 0 Å². The molecule has 1 nitrogen and oxygen atoms in total. The minimum absolute atomic E-state index is 0.612. The van der Waals surface area contributed by atoms with Crippen LogP contribution in [0.25, 0.3) is 0 Å². The molecule has 0 N–H and O–H groups in total. The van der Waals surface area contributed by atoms with Crippen LogP contribution < -0.4 is 4.90 Å². The van der Waals surface area contributed by atoms with Crippen LogP contribution in [0, 0.1) is 5.92 Å². The Kier molecular flexibility index (Phi) is 4.32. The van der Waals surface area contributed by atoms with Crippen molar-refractivity contribution in [2.45, 2.75) is 18.7 Å². The van der Waals surface area contributed by atoms with Crippen molar-refractivity contribution in [2.75, 3.05) is 11.4 Å². The lowest BCUT2D eigenvalue weighted by Crippen LogP contribution is -2.22. The monoisotopic (exact) mass is 257 g/mol. The van der Waals surface area contributed by atoms with Crippen molar-refractivity contribution in [3.63, 3.8) is 0 Å². The number of thiol groups is 1. The molecule has 0 saturated heterocycles. The Morgan fingerprint density at radius 3 is 2.00 bits per heavy atom. The molecular formula is C16H19NS. The molecule has 2 aromatic rings. The summed E-state index contributed by atoms with van der Waals surface area (Å²) in [7, 11) is 0. The van der Waals surface area contributed by atoms with Crippen molar-refractivity contribution < 1.29 is 0 Å². The number of nitrogens with zero attached hydrogens (tertiary/aromatic N) is 1. The van der Waals surface area contributed by atoms with Gasteiger partial charge in [-0.15, -0.1) is 12.6 Å². The Hall–Kier alpha value is -1.41. The van der Waals surface area contributed by atoms with Gasteiger partial charge in [0.2, 0.25) is 0 Å². The molecule has 0 heterocycles. The average Bonchev–Trinajstić information content (AvgIpc) is 2.38. The first-order valence-electron chi connectivity index (χ1n) is 6.28. The van der Waals surface area contributed by atoms with E-state index in [0.29, 0.717) is 5.92 Å². The van der Waals surface area contributed by atoms with Crippen LogP contribution in [0.3, 0.4) is 0 Å². The standard InChI is InChI=1S/C16H19NS/c1-13(2)12-17(14-6-4-3-5-7-14)15-8-10-16(18)11-9-15/h3-11,13,18H,12H2,1-2H3. The molecule has 0 fully saturated rings. The molecule has 2 rings (SSSR count). The topological polar surface area (TPSA) is 3.24 Å². The van der Waals surface area contributed by atoms with Gasteiger partial charge in [-0.05, 0) is 42.3 Å². The second kappa shape index (κ2) is 5.96. The Morgan fingerprint density at radius 2 is 1.44 bits per heavy atom. The Bertz CT molecular complexity index is 476. The third-order valence-electron chi connectivity index (χ3n) is 2.78. The third-order valence-corrected chi connectivity index (χ3v) is 3.08. The molecule has 2 heteroatoms. The van der Waals surface area contributed by atoms with E-state index >= 15 is 0 Å². The van der Waals surface area contributed by atoms with Gasteiger partial charge in [-0.2, -0.15) is 0 Å². The Labute approximate surface area is 115 Å². The molecule has 0 radical (unpaired) electrons. The summed E-state index contributed by atoms with van der Waals surface area (Å²) >= 11 is 4.34. The summed E-state index contributed by atoms with van der Waals surface area (Å²) in [5.74, 6) is 0.612. The average molecular weight is 257 g/mol. The van der Waals surface area contributed by atoms with E-state index in [4.69, 9.17) is 0 Å². The molecule has 0 aliphatic rings. The normalized spacial score (nSPS) is 10.7. The van der Waals surface area contributed by atoms with Gasteiger partial charge in [-0.3, -0.25) is 0 Å². The summed E-state index contributed by atoms with van der Waals surface area (Å²) in [5.41, 5.74) is 2.45. The first kappa shape index (κ1) is 13.0. The van der Waals surface area contributed by atoms with Crippen molar-refractivity contribution in [2.24, 2.45) is 5.92 Å². The van der Waals surface area contributed by atoms with E-state index in [1.807, 2.05) is 18.2 Å². The number of anilines is 2. The van der Waals surface area contributed by atoms with Crippen LogP contribution in [0.1, 0.15) is 13.8 Å². The first-order valence-corrected chi connectivity index (χ1v) is 6.73. The van der Waals surface area contributed by atoms with Crippen molar-refractivity contribution in [3.8, 4) is 0 Å². The van der Waals surface area contributed by atoms with Crippen LogP contribution in [0.15, 0.2) is 59.5 Å². The van der Waals surface area contributed by atoms with E-state index in [9.17, 15) is 0 Å². The SMILES string of the molecule is CC(C)CN(c1ccccc1)c1ccc(S)cc1. The fourth-order valence-electron chi connectivity index (χ4n) is 1.97. The maximum atomic E-state index is 4.34. The van der Waals surface area contributed by atoms with E-state index in [0.717, 1.165) is 11.4 Å². The molecule has 0 amide bonds. The maximum absolute atomic E-state index is 4.34. The molecule has 0 unspecified atom stereocenters. The van der Waals surface area contributed by atoms with Gasteiger partial charge >= 0.3 is 0 Å². The zero-order valence-electron chi connectivity index (χ0n) is 10.9. The summed E-state index contributed by atoms with van der Waals surface area (Å²) in [6.07, 6.45) is 0. The van der Waals surface area contributed by atoms with Crippen LogP contribution in [-0.4, -0.2) is 6.54 Å². The summed E-state index contributed by atoms with van der Waals surface area (Å²) in [5, 5.41) is 0. The van der Waals surface area contributed by atoms with Crippen molar-refractivity contribution >= 4 is 24.0 Å². The van der Waals surface area contributed by atoms with Crippen LogP contribution >= 0.6 is 12.6 Å². The highest BCUT2D eigenvalue weighted by molar-refractivity contribution is 7.80. The molecule has 94 valence electrons. The summed E-state index contributed by atoms with van der Waals surface area (Å²) in [4.78, 5) is 3.34. The zero-order chi connectivity index (χ0) is 13.0. The van der Waals surface area contributed by atoms with Crippen LogP contribution in [0.5, 0.6) is 0 Å². The predicted molar refractivity (Wildman–Crippen MR) is 82.0 cm³/mol. The first-order chi connectivity index (χ1) is 8.66. The molecule has 0 aliphatic carbocycles. The fourth-order valence-corrected chi connectivity index (χ4v) is 2.11. The Morgan fingerprint density at radius 1 is 0.889 bits per heavy atom. The van der Waals surface area contributed by atoms with Crippen LogP contribution in [0.2, 0.25) is 0 Å². The van der Waals surface area contributed by atoms with Gasteiger partial charge in [0.15, 0.2) is 0 Å². The molecule has 2 aromatic carbocycles. The largest absolute Gasteiger partial charge is 0.341 e. The van der Waals surface area contributed by atoms with Crippen molar-refractivity contribution in [1.82, 2.24) is 0 Å². The lowest BCUT2D eigenvalue weighted by molar-refractivity contribution is 0.651. The lowest BCUT2D eigenvalue weighted by Gasteiger charge is -2.27. The second-order valence-corrected chi connectivity index (χ2v) is 5.37. The minimum Gasteiger partial charge on any atom is -0.341 e. The summed E-state index contributed by atoms with van der Waals surface area (Å²) < 4.78 is 0. The number of hydrogen-bond donors (Lipinski definition) is 1. The molecule has 18 heavy (non-hydrogen) atoms. The van der Waals surface area contributed by atoms with Gasteiger partial charge in [0, 0.05) is 22.8 Å². The fraction of sp³-hybridized carbons (Fsp3) is 0.250. The van der Waals surface area contributed by atoms with Gasteiger partial charge in [-0.25, -0.2) is 0 Å². The zero-order valence-corrected chi connectivity index (χ0v) is 11.8. The maximum Gasteiger partial charge on any atom is 0.0411 e. The van der Waals surface area contributed by atoms with Gasteiger partial charge in [0.05, 0.1) is 0 Å². The predicted octanol–water partition coefficient (Wildman–Crippen LogP) is 4.77. The summed E-state index contributed by atoms with van der Waals surface area (Å²) in [6.45, 7) is 5.49. The highest BCUT2D eigenvalue weighted by Gasteiger charge is 2.10. The smallest absolute Gasteiger partial charge is 0.0411 e. The van der Waals surface area contributed by atoms with E-state index in [1.54, 1.807) is 0 Å². The van der Waals surface area contributed by atoms with Crippen LogP contribution in [0.4, 0.5) is 11.4 Å². The van der Waals surface area contributed by atoms with Crippen molar-refractivity contribution in [3.05, 3.63) is 54.6 Å². The molecule has 0 bridgehead atoms. The third kappa shape index (κ3) is 3.30. The number of hydrogen-bond acceptors (Lipinski definition) is 2. The van der Waals surface area contributed by atoms with E-state index in [2.05, 4.69) is 67.8 Å². The molecule has 0 aliphatic heterocycles. The van der Waals surface area contributed by atoms with Crippen molar-refractivity contribution in [1.29, 1.82) is 0 Å². The highest BCUT2D eigenvalue weighted by atomic mass is 32.1. The molecule has 0 saturated carbocycles. The molecule has 0 aromatic heterocycles. The Balaban J connectivity index is 2.33. The summed E-state index contributed by atoms with van der Waals surface area (Å²) in [6, 6.07) is 18.8. The molecule has 0 spiro atoms. The second-order valence-electron chi connectivity index (χ2n) is 4.86. The van der Waals surface area contributed by atoms with E-state index < -0.39 is 0 Å². The van der Waals surface area contributed by atoms with Gasteiger partial charge < -0.3 is 4.90 Å². The minimum atomic E-state index is 0.612. The van der Waals surface area contributed by atoms with Gasteiger partial charge in [0.1, 0.15) is 0 Å². The number of benzene rings is 2. The molecule has 0 atom stereocenters. The van der Waals surface area contributed by atoms with E-state index in [-0.39, 0.29) is 0 Å².